The molecular weight excluding hydrogens is 325 g/mol. The maximum absolute atomic E-state index is 4.20. The fraction of sp³-hybridized carbons (Fsp3) is 0.308. The van der Waals surface area contributed by atoms with Crippen LogP contribution in [0.5, 0.6) is 0 Å². The highest BCUT2D eigenvalue weighted by Gasteiger charge is 2.10. The summed E-state index contributed by atoms with van der Waals surface area (Å²) in [5.74, 6) is 0. The van der Waals surface area contributed by atoms with Crippen molar-refractivity contribution in [3.63, 3.8) is 0 Å². The first kappa shape index (κ1) is 12.6. The minimum Gasteiger partial charge on any atom is -0.313 e. The summed E-state index contributed by atoms with van der Waals surface area (Å²) in [5.41, 5.74) is 2.57. The number of nitrogens with one attached hydrogen (secondary N) is 1. The molecule has 4 heteroatoms. The highest BCUT2D eigenvalue weighted by molar-refractivity contribution is 14.1. The number of hydrogen-bond donors (Lipinski definition) is 1. The molecule has 1 atom stereocenters. The molecule has 1 heterocycles. The molecule has 0 aliphatic rings. The predicted octanol–water partition coefficient (Wildman–Crippen LogP) is 2.53. The van der Waals surface area contributed by atoms with Crippen molar-refractivity contribution in [3.05, 3.63) is 51.4 Å². The zero-order valence-electron chi connectivity index (χ0n) is 10.0. The van der Waals surface area contributed by atoms with Crippen molar-refractivity contribution in [2.45, 2.75) is 12.5 Å². The van der Waals surface area contributed by atoms with E-state index in [9.17, 15) is 0 Å². The smallest absolute Gasteiger partial charge is 0.0522 e. The van der Waals surface area contributed by atoms with E-state index in [1.165, 1.54) is 14.7 Å². The third-order valence-corrected chi connectivity index (χ3v) is 3.54. The Morgan fingerprint density at radius 1 is 1.35 bits per heavy atom. The van der Waals surface area contributed by atoms with Crippen LogP contribution in [0, 0.1) is 3.57 Å². The minimum atomic E-state index is 0.344. The molecule has 0 spiro atoms. The van der Waals surface area contributed by atoms with Gasteiger partial charge in [-0.2, -0.15) is 5.10 Å². The predicted molar refractivity (Wildman–Crippen MR) is 77.9 cm³/mol. The van der Waals surface area contributed by atoms with Gasteiger partial charge >= 0.3 is 0 Å². The number of likely N-dealkylation sites (N-methyl/N-ethyl adjacent to an activating group) is 1. The van der Waals surface area contributed by atoms with Crippen molar-refractivity contribution in [2.75, 3.05) is 7.05 Å². The number of rotatable bonds is 4. The van der Waals surface area contributed by atoms with Crippen LogP contribution in [0.4, 0.5) is 0 Å². The summed E-state index contributed by atoms with van der Waals surface area (Å²) >= 11 is 2.33. The number of benzene rings is 1. The van der Waals surface area contributed by atoms with Crippen LogP contribution in [0.1, 0.15) is 17.2 Å². The average Bonchev–Trinajstić information content (AvgIpc) is 2.73. The summed E-state index contributed by atoms with van der Waals surface area (Å²) in [4.78, 5) is 0. The maximum atomic E-state index is 4.20. The number of aryl methyl sites for hydroxylation is 1. The summed E-state index contributed by atoms with van der Waals surface area (Å²) < 4.78 is 3.11. The zero-order valence-corrected chi connectivity index (χ0v) is 12.2. The van der Waals surface area contributed by atoms with E-state index in [0.29, 0.717) is 6.04 Å². The first-order valence-electron chi connectivity index (χ1n) is 5.59. The fourth-order valence-corrected chi connectivity index (χ4v) is 2.25. The van der Waals surface area contributed by atoms with Crippen LogP contribution in [-0.4, -0.2) is 16.8 Å². The molecule has 2 aromatic rings. The van der Waals surface area contributed by atoms with Gasteiger partial charge in [0.15, 0.2) is 0 Å². The average molecular weight is 341 g/mol. The molecule has 1 aromatic carbocycles. The topological polar surface area (TPSA) is 29.9 Å². The number of aromatic nitrogens is 2. The van der Waals surface area contributed by atoms with Crippen LogP contribution in [0.15, 0.2) is 36.7 Å². The van der Waals surface area contributed by atoms with Gasteiger partial charge < -0.3 is 5.32 Å². The van der Waals surface area contributed by atoms with Gasteiger partial charge in [0.25, 0.3) is 0 Å². The second-order valence-corrected chi connectivity index (χ2v) is 5.36. The summed E-state index contributed by atoms with van der Waals surface area (Å²) in [6, 6.07) is 8.99. The molecule has 2 rings (SSSR count). The first-order valence-corrected chi connectivity index (χ1v) is 6.67. The molecule has 0 saturated heterocycles. The van der Waals surface area contributed by atoms with Gasteiger partial charge in [-0.15, -0.1) is 0 Å². The van der Waals surface area contributed by atoms with Gasteiger partial charge in [-0.25, -0.2) is 0 Å². The summed E-state index contributed by atoms with van der Waals surface area (Å²) in [5, 5.41) is 7.56. The molecule has 17 heavy (non-hydrogen) atoms. The molecule has 0 saturated carbocycles. The largest absolute Gasteiger partial charge is 0.313 e. The van der Waals surface area contributed by atoms with Gasteiger partial charge in [0, 0.05) is 22.9 Å². The van der Waals surface area contributed by atoms with Gasteiger partial charge in [0.05, 0.1) is 6.20 Å². The molecule has 1 N–H and O–H groups in total. The van der Waals surface area contributed by atoms with Crippen LogP contribution in [0.2, 0.25) is 0 Å². The number of nitrogens with zero attached hydrogens (tertiary/aromatic N) is 2. The Hall–Kier alpha value is -0.880. The van der Waals surface area contributed by atoms with Crippen molar-refractivity contribution in [1.29, 1.82) is 0 Å². The van der Waals surface area contributed by atoms with Crippen molar-refractivity contribution in [3.8, 4) is 0 Å². The van der Waals surface area contributed by atoms with Gasteiger partial charge in [0.1, 0.15) is 0 Å². The molecule has 0 fully saturated rings. The standard InChI is InChI=1S/C13H16IN3/c1-15-13(7-10-8-16-17(2)9-10)11-3-5-12(14)6-4-11/h3-6,8-9,13,15H,7H2,1-2H3. The van der Waals surface area contributed by atoms with Gasteiger partial charge in [-0.1, -0.05) is 12.1 Å². The Balaban J connectivity index is 2.13. The second kappa shape index (κ2) is 5.64. The monoisotopic (exact) mass is 341 g/mol. The fourth-order valence-electron chi connectivity index (χ4n) is 1.89. The Morgan fingerprint density at radius 3 is 2.59 bits per heavy atom. The third kappa shape index (κ3) is 3.29. The van der Waals surface area contributed by atoms with E-state index in [2.05, 4.69) is 63.5 Å². The van der Waals surface area contributed by atoms with Crippen molar-refractivity contribution in [2.24, 2.45) is 7.05 Å². The number of halogens is 1. The van der Waals surface area contributed by atoms with Crippen molar-refractivity contribution in [1.82, 2.24) is 15.1 Å². The van der Waals surface area contributed by atoms with E-state index >= 15 is 0 Å². The van der Waals surface area contributed by atoms with Gasteiger partial charge in [-0.3, -0.25) is 4.68 Å². The maximum Gasteiger partial charge on any atom is 0.0522 e. The minimum absolute atomic E-state index is 0.344. The van der Waals surface area contributed by atoms with Crippen LogP contribution >= 0.6 is 22.6 Å². The molecule has 0 bridgehead atoms. The Bertz CT molecular complexity index is 476. The summed E-state index contributed by atoms with van der Waals surface area (Å²) in [7, 11) is 3.95. The molecule has 3 nitrogen and oxygen atoms in total. The lowest BCUT2D eigenvalue weighted by molar-refractivity contribution is 0.591. The molecule has 90 valence electrons. The van der Waals surface area contributed by atoms with Crippen LogP contribution in [0.25, 0.3) is 0 Å². The lowest BCUT2D eigenvalue weighted by Crippen LogP contribution is -2.18. The Morgan fingerprint density at radius 2 is 2.06 bits per heavy atom. The first-order chi connectivity index (χ1) is 8.19. The number of hydrogen-bond acceptors (Lipinski definition) is 2. The lowest BCUT2D eigenvalue weighted by Gasteiger charge is -2.15. The van der Waals surface area contributed by atoms with Crippen LogP contribution in [-0.2, 0) is 13.5 Å². The van der Waals surface area contributed by atoms with E-state index in [0.717, 1.165) is 6.42 Å². The third-order valence-electron chi connectivity index (χ3n) is 2.82. The van der Waals surface area contributed by atoms with E-state index in [1.54, 1.807) is 0 Å². The summed E-state index contributed by atoms with van der Waals surface area (Å²) in [6.45, 7) is 0. The Labute approximate surface area is 115 Å². The molecule has 0 aliphatic heterocycles. The molecule has 0 radical (unpaired) electrons. The highest BCUT2D eigenvalue weighted by Crippen LogP contribution is 2.18. The molecule has 1 aromatic heterocycles. The van der Waals surface area contributed by atoms with Crippen LogP contribution < -0.4 is 5.32 Å². The van der Waals surface area contributed by atoms with E-state index < -0.39 is 0 Å². The van der Waals surface area contributed by atoms with E-state index in [4.69, 9.17) is 0 Å². The Kier molecular flexibility index (Phi) is 4.17. The van der Waals surface area contributed by atoms with E-state index in [1.807, 2.05) is 25.0 Å². The van der Waals surface area contributed by atoms with Crippen LogP contribution in [0.3, 0.4) is 0 Å². The molecule has 0 aliphatic carbocycles. The molecule has 1 unspecified atom stereocenters. The van der Waals surface area contributed by atoms with Gasteiger partial charge in [-0.05, 0) is 59.3 Å². The normalized spacial score (nSPS) is 12.6. The SMILES string of the molecule is CNC(Cc1cnn(C)c1)c1ccc(I)cc1. The van der Waals surface area contributed by atoms with Gasteiger partial charge in [0.2, 0.25) is 0 Å². The van der Waals surface area contributed by atoms with Crippen molar-refractivity contribution >= 4 is 22.6 Å². The highest BCUT2D eigenvalue weighted by atomic mass is 127. The molecular formula is C13H16IN3. The second-order valence-electron chi connectivity index (χ2n) is 4.12. The zero-order chi connectivity index (χ0) is 12.3. The summed E-state index contributed by atoms with van der Waals surface area (Å²) in [6.07, 6.45) is 4.96. The van der Waals surface area contributed by atoms with Crippen molar-refractivity contribution < 1.29 is 0 Å². The quantitative estimate of drug-likeness (QED) is 0.867. The lowest BCUT2D eigenvalue weighted by atomic mass is 10.0. The van der Waals surface area contributed by atoms with E-state index in [-0.39, 0.29) is 0 Å². The molecule has 0 amide bonds.